The molecule has 0 saturated carbocycles. The lowest BCUT2D eigenvalue weighted by molar-refractivity contribution is 0.672. The summed E-state index contributed by atoms with van der Waals surface area (Å²) in [7, 11) is 0. The highest BCUT2D eigenvalue weighted by Crippen LogP contribution is 2.46. The molecule has 0 aliphatic carbocycles. The van der Waals surface area contributed by atoms with Gasteiger partial charge in [-0.05, 0) is 90.9 Å². The Bertz CT molecular complexity index is 3290. The average Bonchev–Trinajstić information content (AvgIpc) is 3.85. The zero-order valence-corrected chi connectivity index (χ0v) is 34.7. The third-order valence-corrected chi connectivity index (χ3v) is 11.8. The van der Waals surface area contributed by atoms with Gasteiger partial charge in [0, 0.05) is 51.1 Å². The van der Waals surface area contributed by atoms with Gasteiger partial charge in [0.15, 0.2) is 17.5 Å². The van der Waals surface area contributed by atoms with Crippen LogP contribution in [0.2, 0.25) is 0 Å². The molecule has 4 heterocycles. The lowest BCUT2D eigenvalue weighted by Gasteiger charge is -2.25. The highest BCUT2D eigenvalue weighted by molar-refractivity contribution is 6.26. The molecule has 10 aromatic rings. The summed E-state index contributed by atoms with van der Waals surface area (Å²) in [5.41, 5.74) is 11.8. The number of para-hydroxylation sites is 3. The Morgan fingerprint density at radius 2 is 1.34 bits per heavy atom. The van der Waals surface area contributed by atoms with Crippen LogP contribution in [0.15, 0.2) is 188 Å². The summed E-state index contributed by atoms with van der Waals surface area (Å²) in [5.74, 6) is 1.66. The van der Waals surface area contributed by atoms with Gasteiger partial charge in [0.25, 0.3) is 0 Å². The van der Waals surface area contributed by atoms with Crippen LogP contribution in [0.3, 0.4) is 0 Å². The quantitative estimate of drug-likeness (QED) is 0.0661. The van der Waals surface area contributed by atoms with Gasteiger partial charge in [-0.3, -0.25) is 9.98 Å². The van der Waals surface area contributed by atoms with E-state index >= 15 is 0 Å². The molecule has 0 spiro atoms. The monoisotopic (exact) mass is 803 g/mol. The van der Waals surface area contributed by atoms with Crippen molar-refractivity contribution in [2.24, 2.45) is 4.99 Å². The molecule has 4 aromatic heterocycles. The normalized spacial score (nSPS) is 12.2. The zero-order chi connectivity index (χ0) is 42.0. The molecule has 1 unspecified atom stereocenters. The average molecular weight is 804 g/mol. The van der Waals surface area contributed by atoms with Gasteiger partial charge in [0.2, 0.25) is 0 Å². The summed E-state index contributed by atoms with van der Waals surface area (Å²) in [6.07, 6.45) is 9.85. The number of nitrogens with zero attached hydrogens (tertiary/aromatic N) is 7. The second-order valence-corrected chi connectivity index (χ2v) is 15.5. The van der Waals surface area contributed by atoms with Crippen LogP contribution in [0.4, 0.5) is 0 Å². The van der Waals surface area contributed by atoms with Crippen molar-refractivity contribution in [1.29, 1.82) is 0 Å². The molecular weight excluding hydrogens is 759 g/mol. The predicted molar refractivity (Wildman–Crippen MR) is 258 cm³/mol. The summed E-state index contributed by atoms with van der Waals surface area (Å²) >= 11 is 0. The van der Waals surface area contributed by atoms with Gasteiger partial charge in [-0.15, -0.1) is 13.2 Å². The van der Waals surface area contributed by atoms with Crippen LogP contribution in [-0.4, -0.2) is 41.8 Å². The standard InChI is InChI=1S/C55H45N7/c1-4-7-32-56-36-50-58-54(60-55(59-50)46-27-18-19-33-57-46)39-34-44(37(6-3)20-5-2)52(45(35-39)38-21-10-8-11-22-38)62-48-29-17-15-26-43(48)51-49(62)31-30-42-41-25-14-16-28-47(41)61(53(42)51)40-23-12-9-13-24-40/h4-5,8-19,21-31,33-37H,1-2,6-7,20,32H2,3H3/b56-36+. The van der Waals surface area contributed by atoms with E-state index in [4.69, 9.17) is 15.0 Å². The first-order chi connectivity index (χ1) is 30.7. The molecule has 0 N–H and O–H groups in total. The van der Waals surface area contributed by atoms with Gasteiger partial charge in [0.1, 0.15) is 5.69 Å². The Labute approximate surface area is 361 Å². The largest absolute Gasteiger partial charge is 0.309 e. The molecule has 0 aliphatic rings. The molecule has 300 valence electrons. The van der Waals surface area contributed by atoms with Gasteiger partial charge in [-0.1, -0.05) is 116 Å². The number of hydrogen-bond donors (Lipinski definition) is 0. The first-order valence-corrected chi connectivity index (χ1v) is 21.3. The number of rotatable bonds is 13. The Balaban J connectivity index is 1.32. The smallest absolute Gasteiger partial charge is 0.182 e. The van der Waals surface area contributed by atoms with Crippen LogP contribution in [0.5, 0.6) is 0 Å². The van der Waals surface area contributed by atoms with Gasteiger partial charge < -0.3 is 9.13 Å². The second kappa shape index (κ2) is 16.7. The summed E-state index contributed by atoms with van der Waals surface area (Å²) in [4.78, 5) is 24.3. The fourth-order valence-electron chi connectivity index (χ4n) is 8.99. The number of fused-ring (bicyclic) bond motifs is 7. The molecule has 0 saturated heterocycles. The molecule has 0 bridgehead atoms. The Morgan fingerprint density at radius 1 is 0.629 bits per heavy atom. The predicted octanol–water partition coefficient (Wildman–Crippen LogP) is 13.5. The minimum atomic E-state index is 0.137. The van der Waals surface area contributed by atoms with Crippen molar-refractivity contribution in [3.05, 3.63) is 195 Å². The van der Waals surface area contributed by atoms with Crippen molar-refractivity contribution in [3.63, 3.8) is 0 Å². The summed E-state index contributed by atoms with van der Waals surface area (Å²) in [5, 5.41) is 4.85. The molecule has 7 nitrogen and oxygen atoms in total. The molecule has 0 radical (unpaired) electrons. The first-order valence-electron chi connectivity index (χ1n) is 21.3. The highest BCUT2D eigenvalue weighted by Gasteiger charge is 2.27. The van der Waals surface area contributed by atoms with Crippen LogP contribution in [-0.2, 0) is 0 Å². The molecule has 0 fully saturated rings. The van der Waals surface area contributed by atoms with Crippen molar-refractivity contribution in [1.82, 2.24) is 29.1 Å². The van der Waals surface area contributed by atoms with Crippen molar-refractivity contribution >= 4 is 49.8 Å². The maximum absolute atomic E-state index is 5.12. The fraction of sp³-hybridized carbons (Fsp3) is 0.109. The van der Waals surface area contributed by atoms with E-state index in [1.165, 1.54) is 38.1 Å². The van der Waals surface area contributed by atoms with Crippen LogP contribution < -0.4 is 0 Å². The van der Waals surface area contributed by atoms with Crippen LogP contribution in [0.1, 0.15) is 43.5 Å². The van der Waals surface area contributed by atoms with E-state index in [2.05, 4.69) is 173 Å². The third-order valence-electron chi connectivity index (χ3n) is 11.8. The third kappa shape index (κ3) is 6.78. The first kappa shape index (κ1) is 38.4. The van der Waals surface area contributed by atoms with E-state index in [1.807, 2.05) is 30.4 Å². The van der Waals surface area contributed by atoms with E-state index in [-0.39, 0.29) is 5.92 Å². The van der Waals surface area contributed by atoms with E-state index in [0.717, 1.165) is 58.4 Å². The summed E-state index contributed by atoms with van der Waals surface area (Å²) < 4.78 is 4.95. The molecule has 7 heteroatoms. The number of hydrogen-bond acceptors (Lipinski definition) is 5. The Morgan fingerprint density at radius 3 is 2.08 bits per heavy atom. The SMILES string of the molecule is C=CCC/N=C/c1nc(-c2cc(-c3ccccc3)c(-n3c4ccccc4c4c3ccc3c5ccccc5n(-c5ccccc5)c34)c(C(CC)CC=C)c2)nc(-c2ccccn2)n1. The summed E-state index contributed by atoms with van der Waals surface area (Å²) in [6, 6.07) is 54.0. The summed E-state index contributed by atoms with van der Waals surface area (Å²) in [6.45, 7) is 11.0. The van der Waals surface area contributed by atoms with E-state index < -0.39 is 0 Å². The minimum Gasteiger partial charge on any atom is -0.309 e. The lowest BCUT2D eigenvalue weighted by Crippen LogP contribution is -2.09. The van der Waals surface area contributed by atoms with Gasteiger partial charge in [-0.2, -0.15) is 0 Å². The number of aliphatic imine (C=N–C) groups is 1. The van der Waals surface area contributed by atoms with Crippen molar-refractivity contribution in [2.45, 2.75) is 32.1 Å². The molecular formula is C55H45N7. The van der Waals surface area contributed by atoms with E-state index in [1.54, 1.807) is 12.4 Å². The van der Waals surface area contributed by atoms with Crippen LogP contribution in [0, 0.1) is 0 Å². The van der Waals surface area contributed by atoms with Crippen molar-refractivity contribution in [2.75, 3.05) is 6.54 Å². The minimum absolute atomic E-state index is 0.137. The van der Waals surface area contributed by atoms with Gasteiger partial charge in [-0.25, -0.2) is 15.0 Å². The second-order valence-electron chi connectivity index (χ2n) is 15.5. The van der Waals surface area contributed by atoms with Crippen LogP contribution in [0.25, 0.3) is 89.0 Å². The number of pyridine rings is 1. The van der Waals surface area contributed by atoms with Crippen molar-refractivity contribution < 1.29 is 0 Å². The van der Waals surface area contributed by atoms with Crippen molar-refractivity contribution in [3.8, 4) is 45.4 Å². The number of aromatic nitrogens is 6. The van der Waals surface area contributed by atoms with E-state index in [0.29, 0.717) is 29.7 Å². The van der Waals surface area contributed by atoms with Crippen LogP contribution >= 0.6 is 0 Å². The molecule has 0 amide bonds. The molecule has 1 atom stereocenters. The Kier molecular flexibility index (Phi) is 10.4. The maximum atomic E-state index is 5.12. The van der Waals surface area contributed by atoms with E-state index in [9.17, 15) is 0 Å². The molecule has 0 aliphatic heterocycles. The lowest BCUT2D eigenvalue weighted by atomic mass is 9.86. The maximum Gasteiger partial charge on any atom is 0.182 e. The highest BCUT2D eigenvalue weighted by atomic mass is 15.1. The number of benzene rings is 6. The van der Waals surface area contributed by atoms with Gasteiger partial charge in [0.05, 0.1) is 34.0 Å². The molecule has 10 rings (SSSR count). The van der Waals surface area contributed by atoms with Gasteiger partial charge >= 0.3 is 0 Å². The molecule has 62 heavy (non-hydrogen) atoms. The number of allylic oxidation sites excluding steroid dienone is 1. The fourth-order valence-corrected chi connectivity index (χ4v) is 8.99. The molecule has 6 aromatic carbocycles. The Hall–Kier alpha value is -7.77. The zero-order valence-electron chi connectivity index (χ0n) is 34.7. The topological polar surface area (TPSA) is 73.8 Å².